The van der Waals surface area contributed by atoms with Crippen LogP contribution in [-0.2, 0) is 17.8 Å². The Morgan fingerprint density at radius 1 is 1.16 bits per heavy atom. The predicted octanol–water partition coefficient (Wildman–Crippen LogP) is 4.34. The lowest BCUT2D eigenvalue weighted by atomic mass is 10.1. The molecular weight excluding hydrogens is 314 g/mol. The average Bonchev–Trinajstić information content (AvgIpc) is 2.98. The highest BCUT2D eigenvalue weighted by Gasteiger charge is 2.14. The summed E-state index contributed by atoms with van der Waals surface area (Å²) in [6.07, 6.45) is 2.02. The molecule has 0 aliphatic carbocycles. The Balaban J connectivity index is 1.65. The Morgan fingerprint density at radius 3 is 2.64 bits per heavy atom. The molecule has 0 N–H and O–H groups in total. The third-order valence-corrected chi connectivity index (χ3v) is 4.23. The van der Waals surface area contributed by atoms with Gasteiger partial charge in [0.1, 0.15) is 11.3 Å². The molecule has 130 valence electrons. The lowest BCUT2D eigenvalue weighted by Gasteiger charge is -2.17. The maximum absolute atomic E-state index is 12.6. The van der Waals surface area contributed by atoms with Crippen LogP contribution in [-0.4, -0.2) is 24.5 Å². The van der Waals surface area contributed by atoms with Gasteiger partial charge in [-0.25, -0.2) is 0 Å². The number of carbonyl (C=O) groups excluding carboxylic acids is 1. The van der Waals surface area contributed by atoms with E-state index in [0.29, 0.717) is 19.6 Å². The summed E-state index contributed by atoms with van der Waals surface area (Å²) in [6.45, 7) is 5.20. The van der Waals surface area contributed by atoms with E-state index >= 15 is 0 Å². The normalized spacial score (nSPS) is 10.8. The minimum atomic E-state index is 0.0668. The minimum absolute atomic E-state index is 0.0668. The highest BCUT2D eigenvalue weighted by atomic mass is 16.5. The number of hydrogen-bond donors (Lipinski definition) is 0. The van der Waals surface area contributed by atoms with Gasteiger partial charge in [0.25, 0.3) is 0 Å². The number of furan rings is 1. The number of nitrogens with zero attached hydrogens (tertiary/aromatic N) is 1. The van der Waals surface area contributed by atoms with Gasteiger partial charge in [-0.05, 0) is 43.2 Å². The van der Waals surface area contributed by atoms with Gasteiger partial charge in [-0.3, -0.25) is 4.79 Å². The van der Waals surface area contributed by atoms with Crippen LogP contribution >= 0.6 is 0 Å². The van der Waals surface area contributed by atoms with Crippen molar-refractivity contribution in [3.05, 3.63) is 65.4 Å². The molecule has 0 unspecified atom stereocenters. The standard InChI is InChI=1S/C21H23NO3/c1-4-24-18-8-6-16(7-9-18)13-22(3)21(23)12-17-14-25-20-11-15(2)5-10-19(17)20/h5-11,14H,4,12-13H2,1-3H3. The molecule has 25 heavy (non-hydrogen) atoms. The summed E-state index contributed by atoms with van der Waals surface area (Å²) >= 11 is 0. The van der Waals surface area contributed by atoms with Gasteiger partial charge in [-0.2, -0.15) is 0 Å². The van der Waals surface area contributed by atoms with Crippen molar-refractivity contribution in [2.45, 2.75) is 26.8 Å². The first-order valence-electron chi connectivity index (χ1n) is 8.49. The SMILES string of the molecule is CCOc1ccc(CN(C)C(=O)Cc2coc3cc(C)ccc23)cc1. The molecule has 0 saturated carbocycles. The third-order valence-electron chi connectivity index (χ3n) is 4.23. The largest absolute Gasteiger partial charge is 0.494 e. The van der Waals surface area contributed by atoms with Gasteiger partial charge in [0.05, 0.1) is 19.3 Å². The second kappa shape index (κ2) is 7.43. The van der Waals surface area contributed by atoms with E-state index in [1.54, 1.807) is 11.2 Å². The van der Waals surface area contributed by atoms with Crippen LogP contribution in [0.25, 0.3) is 11.0 Å². The van der Waals surface area contributed by atoms with Crippen LogP contribution < -0.4 is 4.74 Å². The molecule has 1 heterocycles. The Morgan fingerprint density at radius 2 is 1.92 bits per heavy atom. The van der Waals surface area contributed by atoms with Crippen LogP contribution in [0.1, 0.15) is 23.6 Å². The lowest BCUT2D eigenvalue weighted by molar-refractivity contribution is -0.129. The van der Waals surface area contributed by atoms with Gasteiger partial charge in [0.2, 0.25) is 5.91 Å². The van der Waals surface area contributed by atoms with Crippen molar-refractivity contribution in [3.63, 3.8) is 0 Å². The summed E-state index contributed by atoms with van der Waals surface area (Å²) in [5.74, 6) is 0.914. The zero-order chi connectivity index (χ0) is 17.8. The molecule has 0 bridgehead atoms. The van der Waals surface area contributed by atoms with Gasteiger partial charge in [0, 0.05) is 24.5 Å². The van der Waals surface area contributed by atoms with E-state index in [1.807, 2.05) is 63.4 Å². The highest BCUT2D eigenvalue weighted by molar-refractivity contribution is 5.87. The van der Waals surface area contributed by atoms with E-state index < -0.39 is 0 Å². The molecule has 2 aromatic carbocycles. The second-order valence-electron chi connectivity index (χ2n) is 6.26. The predicted molar refractivity (Wildman–Crippen MR) is 98.7 cm³/mol. The molecule has 0 spiro atoms. The number of hydrogen-bond acceptors (Lipinski definition) is 3. The molecule has 0 aliphatic rings. The molecule has 1 aromatic heterocycles. The number of ether oxygens (including phenoxy) is 1. The van der Waals surface area contributed by atoms with Crippen LogP contribution in [0.15, 0.2) is 53.1 Å². The maximum atomic E-state index is 12.6. The summed E-state index contributed by atoms with van der Waals surface area (Å²) in [4.78, 5) is 14.3. The molecular formula is C21H23NO3. The van der Waals surface area contributed by atoms with Crippen molar-refractivity contribution < 1.29 is 13.9 Å². The molecule has 4 heteroatoms. The van der Waals surface area contributed by atoms with Gasteiger partial charge < -0.3 is 14.1 Å². The number of benzene rings is 2. The van der Waals surface area contributed by atoms with E-state index in [0.717, 1.165) is 33.4 Å². The average molecular weight is 337 g/mol. The first kappa shape index (κ1) is 17.1. The van der Waals surface area contributed by atoms with E-state index in [9.17, 15) is 4.79 Å². The number of aryl methyl sites for hydroxylation is 1. The smallest absolute Gasteiger partial charge is 0.227 e. The minimum Gasteiger partial charge on any atom is -0.494 e. The summed E-state index contributed by atoms with van der Waals surface area (Å²) < 4.78 is 11.0. The van der Waals surface area contributed by atoms with Crippen LogP contribution in [0.4, 0.5) is 0 Å². The van der Waals surface area contributed by atoms with Crippen molar-refractivity contribution in [2.75, 3.05) is 13.7 Å². The molecule has 3 rings (SSSR count). The third kappa shape index (κ3) is 4.02. The van der Waals surface area contributed by atoms with Gasteiger partial charge >= 0.3 is 0 Å². The monoisotopic (exact) mass is 337 g/mol. The Labute approximate surface area is 148 Å². The number of rotatable bonds is 6. The Kier molecular flexibility index (Phi) is 5.08. The first-order chi connectivity index (χ1) is 12.1. The van der Waals surface area contributed by atoms with E-state index in [4.69, 9.17) is 9.15 Å². The number of amides is 1. The molecule has 0 radical (unpaired) electrons. The molecule has 0 fully saturated rings. The number of fused-ring (bicyclic) bond motifs is 1. The van der Waals surface area contributed by atoms with Crippen molar-refractivity contribution in [1.82, 2.24) is 4.90 Å². The fraction of sp³-hybridized carbons (Fsp3) is 0.286. The quantitative estimate of drug-likeness (QED) is 0.672. The van der Waals surface area contributed by atoms with Crippen LogP contribution in [0.2, 0.25) is 0 Å². The fourth-order valence-electron chi connectivity index (χ4n) is 2.85. The van der Waals surface area contributed by atoms with Gasteiger partial charge in [-0.15, -0.1) is 0 Å². The Bertz CT molecular complexity index is 864. The summed E-state index contributed by atoms with van der Waals surface area (Å²) in [7, 11) is 1.82. The Hall–Kier alpha value is -2.75. The van der Waals surface area contributed by atoms with Crippen molar-refractivity contribution in [1.29, 1.82) is 0 Å². The van der Waals surface area contributed by atoms with Crippen molar-refractivity contribution >= 4 is 16.9 Å². The lowest BCUT2D eigenvalue weighted by Crippen LogP contribution is -2.27. The van der Waals surface area contributed by atoms with E-state index in [-0.39, 0.29) is 5.91 Å². The number of carbonyl (C=O) groups is 1. The zero-order valence-electron chi connectivity index (χ0n) is 14.9. The maximum Gasteiger partial charge on any atom is 0.227 e. The second-order valence-corrected chi connectivity index (χ2v) is 6.26. The summed E-state index contributed by atoms with van der Waals surface area (Å²) in [5.41, 5.74) is 3.98. The van der Waals surface area contributed by atoms with Crippen LogP contribution in [0, 0.1) is 6.92 Å². The topological polar surface area (TPSA) is 42.7 Å². The molecule has 0 saturated heterocycles. The van der Waals surface area contributed by atoms with Crippen LogP contribution in [0.3, 0.4) is 0 Å². The highest BCUT2D eigenvalue weighted by Crippen LogP contribution is 2.23. The van der Waals surface area contributed by atoms with Crippen LogP contribution in [0.5, 0.6) is 5.75 Å². The van der Waals surface area contributed by atoms with Gasteiger partial charge in [0.15, 0.2) is 0 Å². The molecule has 3 aromatic rings. The fourth-order valence-corrected chi connectivity index (χ4v) is 2.85. The molecule has 0 aliphatic heterocycles. The van der Waals surface area contributed by atoms with Crippen molar-refractivity contribution in [2.24, 2.45) is 0 Å². The summed E-state index contributed by atoms with van der Waals surface area (Å²) in [6, 6.07) is 13.9. The van der Waals surface area contributed by atoms with Gasteiger partial charge in [-0.1, -0.05) is 24.3 Å². The zero-order valence-corrected chi connectivity index (χ0v) is 14.9. The summed E-state index contributed by atoms with van der Waals surface area (Å²) in [5, 5.41) is 1.01. The van der Waals surface area contributed by atoms with E-state index in [2.05, 4.69) is 0 Å². The van der Waals surface area contributed by atoms with Crippen molar-refractivity contribution in [3.8, 4) is 5.75 Å². The molecule has 1 amide bonds. The molecule has 0 atom stereocenters. The van der Waals surface area contributed by atoms with E-state index in [1.165, 1.54) is 0 Å². The number of likely N-dealkylation sites (N-methyl/N-ethyl adjacent to an activating group) is 1. The first-order valence-corrected chi connectivity index (χ1v) is 8.49. The molecule has 4 nitrogen and oxygen atoms in total.